The number of halogens is 1. The highest BCUT2D eigenvalue weighted by atomic mass is 32.1. The van der Waals surface area contributed by atoms with Crippen LogP contribution in [0.1, 0.15) is 23.8 Å². The Labute approximate surface area is 126 Å². The van der Waals surface area contributed by atoms with Gasteiger partial charge in [0.2, 0.25) is 0 Å². The van der Waals surface area contributed by atoms with Gasteiger partial charge in [0.25, 0.3) is 0 Å². The van der Waals surface area contributed by atoms with Gasteiger partial charge in [-0.1, -0.05) is 12.1 Å². The van der Waals surface area contributed by atoms with Crippen LogP contribution < -0.4 is 4.90 Å². The molecule has 1 aromatic carbocycles. The van der Waals surface area contributed by atoms with E-state index in [9.17, 15) is 4.39 Å². The zero-order valence-electron chi connectivity index (χ0n) is 11.4. The van der Waals surface area contributed by atoms with Crippen LogP contribution in [0.4, 0.5) is 10.2 Å². The zero-order chi connectivity index (χ0) is 14.2. The van der Waals surface area contributed by atoms with Crippen molar-refractivity contribution in [1.82, 2.24) is 9.97 Å². The van der Waals surface area contributed by atoms with Crippen LogP contribution >= 0.6 is 11.3 Å². The summed E-state index contributed by atoms with van der Waals surface area (Å²) in [5.41, 5.74) is 0.402. The molecule has 2 aromatic heterocycles. The summed E-state index contributed by atoms with van der Waals surface area (Å²) in [6.45, 7) is 0.950. The maximum Gasteiger partial charge on any atom is 0.149 e. The van der Waals surface area contributed by atoms with Gasteiger partial charge in [0, 0.05) is 16.8 Å². The smallest absolute Gasteiger partial charge is 0.149 e. The van der Waals surface area contributed by atoms with Crippen molar-refractivity contribution in [1.29, 1.82) is 0 Å². The van der Waals surface area contributed by atoms with Crippen molar-refractivity contribution in [2.45, 2.75) is 18.9 Å². The lowest BCUT2D eigenvalue weighted by Gasteiger charge is -2.25. The van der Waals surface area contributed by atoms with E-state index in [2.05, 4.69) is 32.4 Å². The van der Waals surface area contributed by atoms with Gasteiger partial charge in [-0.3, -0.25) is 0 Å². The van der Waals surface area contributed by atoms with Gasteiger partial charge in [-0.2, -0.15) is 0 Å². The van der Waals surface area contributed by atoms with Crippen molar-refractivity contribution in [3.05, 3.63) is 52.7 Å². The van der Waals surface area contributed by atoms with E-state index in [4.69, 9.17) is 0 Å². The molecule has 3 nitrogen and oxygen atoms in total. The molecule has 0 amide bonds. The molecule has 21 heavy (non-hydrogen) atoms. The van der Waals surface area contributed by atoms with E-state index >= 15 is 0 Å². The Bertz CT molecular complexity index is 772. The van der Waals surface area contributed by atoms with E-state index < -0.39 is 0 Å². The third-order valence-corrected chi connectivity index (χ3v) is 4.96. The fraction of sp³-hybridized carbons (Fsp3) is 0.250. The van der Waals surface area contributed by atoms with Crippen molar-refractivity contribution in [2.24, 2.45) is 0 Å². The molecule has 3 heterocycles. The molecule has 0 saturated carbocycles. The fourth-order valence-corrected chi connectivity index (χ4v) is 3.94. The van der Waals surface area contributed by atoms with Crippen molar-refractivity contribution >= 4 is 28.1 Å². The second-order valence-electron chi connectivity index (χ2n) is 5.20. The number of thiophene rings is 1. The maximum absolute atomic E-state index is 13.9. The van der Waals surface area contributed by atoms with Crippen molar-refractivity contribution < 1.29 is 4.39 Å². The van der Waals surface area contributed by atoms with Crippen LogP contribution in [0, 0.1) is 5.82 Å². The number of benzene rings is 1. The first-order valence-corrected chi connectivity index (χ1v) is 7.92. The molecule has 0 N–H and O–H groups in total. The molecule has 3 aromatic rings. The molecule has 0 aliphatic carbocycles. The van der Waals surface area contributed by atoms with Crippen molar-refractivity contribution in [2.75, 3.05) is 11.4 Å². The van der Waals surface area contributed by atoms with Gasteiger partial charge in [0.1, 0.15) is 23.5 Å². The zero-order valence-corrected chi connectivity index (χ0v) is 12.2. The average Bonchev–Trinajstić information content (AvgIpc) is 3.18. The number of para-hydroxylation sites is 1. The molecule has 1 saturated heterocycles. The summed E-state index contributed by atoms with van der Waals surface area (Å²) in [5, 5.41) is 2.89. The summed E-state index contributed by atoms with van der Waals surface area (Å²) >= 11 is 1.77. The number of aromatic nitrogens is 2. The van der Waals surface area contributed by atoms with Crippen LogP contribution in [0.3, 0.4) is 0 Å². The highest BCUT2D eigenvalue weighted by Crippen LogP contribution is 2.39. The number of hydrogen-bond acceptors (Lipinski definition) is 4. The summed E-state index contributed by atoms with van der Waals surface area (Å²) in [6.07, 6.45) is 3.70. The Kier molecular flexibility index (Phi) is 3.07. The van der Waals surface area contributed by atoms with Gasteiger partial charge in [-0.15, -0.1) is 11.3 Å². The largest absolute Gasteiger partial charge is 0.348 e. The lowest BCUT2D eigenvalue weighted by atomic mass is 10.1. The predicted octanol–water partition coefficient (Wildman–Crippen LogP) is 4.17. The Morgan fingerprint density at radius 3 is 3.00 bits per heavy atom. The lowest BCUT2D eigenvalue weighted by Crippen LogP contribution is -2.23. The molecule has 1 fully saturated rings. The van der Waals surface area contributed by atoms with Crippen molar-refractivity contribution in [3.8, 4) is 0 Å². The minimum Gasteiger partial charge on any atom is -0.348 e. The van der Waals surface area contributed by atoms with Crippen LogP contribution in [0.15, 0.2) is 42.0 Å². The quantitative estimate of drug-likeness (QED) is 0.711. The Morgan fingerprint density at radius 1 is 1.19 bits per heavy atom. The van der Waals surface area contributed by atoms with Crippen molar-refractivity contribution in [3.63, 3.8) is 0 Å². The Morgan fingerprint density at radius 2 is 2.14 bits per heavy atom. The standard InChI is InChI=1S/C16H14FN3S/c17-12-5-1-4-11-15(12)18-10-19-16(11)20-8-2-6-13(20)14-7-3-9-21-14/h1,3-5,7,9-10,13H,2,6,8H2. The maximum atomic E-state index is 13.9. The van der Waals surface area contributed by atoms with Crippen LogP contribution in [0.5, 0.6) is 0 Å². The van der Waals surface area contributed by atoms with Gasteiger partial charge < -0.3 is 4.90 Å². The molecule has 1 aliphatic heterocycles. The normalized spacial score (nSPS) is 18.5. The number of fused-ring (bicyclic) bond motifs is 1. The van der Waals surface area contributed by atoms with Crippen LogP contribution in [0.25, 0.3) is 10.9 Å². The molecule has 106 valence electrons. The van der Waals surface area contributed by atoms with Crippen LogP contribution in [-0.4, -0.2) is 16.5 Å². The summed E-state index contributed by atoms with van der Waals surface area (Å²) in [6, 6.07) is 9.65. The highest BCUT2D eigenvalue weighted by Gasteiger charge is 2.29. The molecular weight excluding hydrogens is 285 g/mol. The van der Waals surface area contributed by atoms with E-state index in [1.54, 1.807) is 17.4 Å². The first-order valence-electron chi connectivity index (χ1n) is 7.04. The van der Waals surface area contributed by atoms with Gasteiger partial charge in [0.05, 0.1) is 6.04 Å². The second kappa shape index (κ2) is 5.07. The summed E-state index contributed by atoms with van der Waals surface area (Å²) in [7, 11) is 0. The summed E-state index contributed by atoms with van der Waals surface area (Å²) < 4.78 is 13.9. The first kappa shape index (κ1) is 12.7. The van der Waals surface area contributed by atoms with E-state index in [0.29, 0.717) is 11.6 Å². The fourth-order valence-electron chi connectivity index (χ4n) is 3.06. The lowest BCUT2D eigenvalue weighted by molar-refractivity contribution is 0.636. The minimum absolute atomic E-state index is 0.289. The molecular formula is C16H14FN3S. The molecule has 0 radical (unpaired) electrons. The topological polar surface area (TPSA) is 29.0 Å². The van der Waals surface area contributed by atoms with Crippen LogP contribution in [0.2, 0.25) is 0 Å². The number of anilines is 1. The molecule has 4 rings (SSSR count). The highest BCUT2D eigenvalue weighted by molar-refractivity contribution is 7.10. The number of hydrogen-bond donors (Lipinski definition) is 0. The number of rotatable bonds is 2. The molecule has 1 atom stereocenters. The van der Waals surface area contributed by atoms with E-state index in [1.807, 2.05) is 6.07 Å². The molecule has 1 unspecified atom stereocenters. The average molecular weight is 299 g/mol. The monoisotopic (exact) mass is 299 g/mol. The SMILES string of the molecule is Fc1cccc2c(N3CCCC3c3cccs3)ncnc12. The summed E-state index contributed by atoms with van der Waals surface area (Å²) in [4.78, 5) is 12.2. The van der Waals surface area contributed by atoms with E-state index in [0.717, 1.165) is 30.6 Å². The number of nitrogens with zero attached hydrogens (tertiary/aromatic N) is 3. The third kappa shape index (κ3) is 2.08. The molecule has 5 heteroatoms. The minimum atomic E-state index is -0.289. The van der Waals surface area contributed by atoms with Gasteiger partial charge in [-0.25, -0.2) is 14.4 Å². The van der Waals surface area contributed by atoms with E-state index in [1.165, 1.54) is 17.3 Å². The second-order valence-corrected chi connectivity index (χ2v) is 6.18. The van der Waals surface area contributed by atoms with Gasteiger partial charge >= 0.3 is 0 Å². The summed E-state index contributed by atoms with van der Waals surface area (Å²) in [5.74, 6) is 0.554. The third-order valence-electron chi connectivity index (χ3n) is 3.99. The molecule has 0 spiro atoms. The van der Waals surface area contributed by atoms with E-state index in [-0.39, 0.29) is 5.82 Å². The predicted molar refractivity (Wildman–Crippen MR) is 83.1 cm³/mol. The Hall–Kier alpha value is -2.01. The Balaban J connectivity index is 1.84. The molecule has 0 bridgehead atoms. The van der Waals surface area contributed by atoms with Crippen LogP contribution in [-0.2, 0) is 0 Å². The molecule has 1 aliphatic rings. The van der Waals surface area contributed by atoms with Gasteiger partial charge in [0.15, 0.2) is 0 Å². The first-order chi connectivity index (χ1) is 10.3. The van der Waals surface area contributed by atoms with Gasteiger partial charge in [-0.05, 0) is 36.4 Å².